The Balaban J connectivity index is 1.79. The van der Waals surface area contributed by atoms with Crippen LogP contribution in [-0.4, -0.2) is 18.9 Å². The van der Waals surface area contributed by atoms with E-state index < -0.39 is 0 Å². The summed E-state index contributed by atoms with van der Waals surface area (Å²) in [4.78, 5) is 24.9. The number of nitrogens with zero attached hydrogens (tertiary/aromatic N) is 1. The van der Waals surface area contributed by atoms with Gasteiger partial charge in [-0.1, -0.05) is 12.1 Å². The highest BCUT2D eigenvalue weighted by Gasteiger charge is 2.38. The predicted molar refractivity (Wildman–Crippen MR) is 88.6 cm³/mol. The molecule has 1 aliphatic rings. The number of hydrogen-bond donors (Lipinski definition) is 1. The van der Waals surface area contributed by atoms with Crippen LogP contribution in [0.5, 0.6) is 5.75 Å². The minimum absolute atomic E-state index is 0.0299. The van der Waals surface area contributed by atoms with Gasteiger partial charge in [0.1, 0.15) is 5.75 Å². The molecule has 2 aromatic carbocycles. The Morgan fingerprint density at radius 1 is 1.13 bits per heavy atom. The SMILES string of the molecule is COc1ccc(N2C(=O)C[C@H]2c2ccc(NC(C)=O)cc2)cc1. The van der Waals surface area contributed by atoms with Gasteiger partial charge in [-0.15, -0.1) is 0 Å². The number of ether oxygens (including phenoxy) is 1. The minimum atomic E-state index is -0.101. The maximum atomic E-state index is 12.0. The fourth-order valence-corrected chi connectivity index (χ4v) is 2.74. The molecular weight excluding hydrogens is 292 g/mol. The average molecular weight is 310 g/mol. The Morgan fingerprint density at radius 2 is 1.78 bits per heavy atom. The van der Waals surface area contributed by atoms with Gasteiger partial charge >= 0.3 is 0 Å². The third kappa shape index (κ3) is 3.04. The summed E-state index contributed by atoms with van der Waals surface area (Å²) in [5, 5.41) is 2.74. The zero-order chi connectivity index (χ0) is 16.4. The first-order valence-electron chi connectivity index (χ1n) is 7.42. The van der Waals surface area contributed by atoms with Crippen LogP contribution in [0.2, 0.25) is 0 Å². The van der Waals surface area contributed by atoms with Crippen molar-refractivity contribution >= 4 is 23.2 Å². The molecule has 0 aliphatic carbocycles. The summed E-state index contributed by atoms with van der Waals surface area (Å²) in [5.74, 6) is 0.764. The number of amides is 2. The predicted octanol–water partition coefficient (Wildman–Crippen LogP) is 3.13. The summed E-state index contributed by atoms with van der Waals surface area (Å²) < 4.78 is 5.15. The monoisotopic (exact) mass is 310 g/mol. The van der Waals surface area contributed by atoms with E-state index in [1.807, 2.05) is 48.5 Å². The number of carbonyl (C=O) groups excluding carboxylic acids is 2. The van der Waals surface area contributed by atoms with E-state index in [1.165, 1.54) is 6.92 Å². The van der Waals surface area contributed by atoms with Crippen molar-refractivity contribution in [1.29, 1.82) is 0 Å². The molecular formula is C18H18N2O3. The van der Waals surface area contributed by atoms with Crippen molar-refractivity contribution in [3.8, 4) is 5.75 Å². The van der Waals surface area contributed by atoms with Gasteiger partial charge in [0.2, 0.25) is 11.8 Å². The van der Waals surface area contributed by atoms with Crippen molar-refractivity contribution in [2.45, 2.75) is 19.4 Å². The minimum Gasteiger partial charge on any atom is -0.497 e. The number of methoxy groups -OCH3 is 1. The molecule has 0 aromatic heterocycles. The molecule has 1 fully saturated rings. The van der Waals surface area contributed by atoms with Gasteiger partial charge in [-0.2, -0.15) is 0 Å². The fourth-order valence-electron chi connectivity index (χ4n) is 2.74. The third-order valence-corrected chi connectivity index (χ3v) is 3.91. The number of hydrogen-bond acceptors (Lipinski definition) is 3. The highest BCUT2D eigenvalue weighted by atomic mass is 16.5. The first kappa shape index (κ1) is 15.1. The molecule has 1 heterocycles. The average Bonchev–Trinajstić information content (AvgIpc) is 2.53. The van der Waals surface area contributed by atoms with Crippen LogP contribution >= 0.6 is 0 Å². The molecule has 1 N–H and O–H groups in total. The molecule has 2 amide bonds. The van der Waals surface area contributed by atoms with E-state index in [4.69, 9.17) is 4.74 Å². The highest BCUT2D eigenvalue weighted by Crippen LogP contribution is 2.39. The largest absolute Gasteiger partial charge is 0.497 e. The molecule has 2 aromatic rings. The zero-order valence-corrected chi connectivity index (χ0v) is 13.1. The number of carbonyl (C=O) groups is 2. The van der Waals surface area contributed by atoms with Crippen molar-refractivity contribution in [3.05, 3.63) is 54.1 Å². The number of nitrogens with one attached hydrogen (secondary N) is 1. The normalized spacial score (nSPS) is 16.7. The smallest absolute Gasteiger partial charge is 0.230 e. The summed E-state index contributed by atoms with van der Waals surface area (Å²) in [6, 6.07) is 15.1. The second-order valence-electron chi connectivity index (χ2n) is 5.48. The van der Waals surface area contributed by atoms with E-state index in [2.05, 4.69) is 5.32 Å². The number of anilines is 2. The molecule has 1 aliphatic heterocycles. The van der Waals surface area contributed by atoms with E-state index in [-0.39, 0.29) is 17.9 Å². The molecule has 118 valence electrons. The Morgan fingerprint density at radius 3 is 2.30 bits per heavy atom. The van der Waals surface area contributed by atoms with Crippen molar-refractivity contribution < 1.29 is 14.3 Å². The van der Waals surface area contributed by atoms with Gasteiger partial charge in [0.05, 0.1) is 19.6 Å². The van der Waals surface area contributed by atoms with E-state index in [0.29, 0.717) is 6.42 Å². The van der Waals surface area contributed by atoms with Crippen LogP contribution in [-0.2, 0) is 9.59 Å². The van der Waals surface area contributed by atoms with Crippen LogP contribution in [0, 0.1) is 0 Å². The molecule has 5 heteroatoms. The molecule has 0 radical (unpaired) electrons. The van der Waals surface area contributed by atoms with Crippen LogP contribution < -0.4 is 15.0 Å². The molecule has 0 unspecified atom stereocenters. The fraction of sp³-hybridized carbons (Fsp3) is 0.222. The summed E-state index contributed by atoms with van der Waals surface area (Å²) in [6.45, 7) is 1.48. The molecule has 1 saturated heterocycles. The van der Waals surface area contributed by atoms with Crippen LogP contribution in [0.3, 0.4) is 0 Å². The van der Waals surface area contributed by atoms with Crippen LogP contribution in [0.4, 0.5) is 11.4 Å². The van der Waals surface area contributed by atoms with E-state index >= 15 is 0 Å². The third-order valence-electron chi connectivity index (χ3n) is 3.91. The Kier molecular flexibility index (Phi) is 4.02. The number of rotatable bonds is 4. The maximum absolute atomic E-state index is 12.0. The Hall–Kier alpha value is -2.82. The summed E-state index contributed by atoms with van der Waals surface area (Å²) in [6.07, 6.45) is 0.492. The van der Waals surface area contributed by atoms with Crippen molar-refractivity contribution in [2.75, 3.05) is 17.3 Å². The molecule has 3 rings (SSSR count). The van der Waals surface area contributed by atoms with Crippen LogP contribution in [0.25, 0.3) is 0 Å². The molecule has 0 spiro atoms. The molecule has 5 nitrogen and oxygen atoms in total. The van der Waals surface area contributed by atoms with Crippen LogP contribution in [0.1, 0.15) is 24.9 Å². The van der Waals surface area contributed by atoms with Crippen molar-refractivity contribution in [2.24, 2.45) is 0 Å². The van der Waals surface area contributed by atoms with Gasteiger partial charge in [-0.05, 0) is 42.0 Å². The lowest BCUT2D eigenvalue weighted by atomic mass is 9.93. The summed E-state index contributed by atoms with van der Waals surface area (Å²) in [5.41, 5.74) is 2.66. The van der Waals surface area contributed by atoms with E-state index in [1.54, 1.807) is 12.0 Å². The van der Waals surface area contributed by atoms with Crippen molar-refractivity contribution in [1.82, 2.24) is 0 Å². The quantitative estimate of drug-likeness (QED) is 0.883. The maximum Gasteiger partial charge on any atom is 0.230 e. The van der Waals surface area contributed by atoms with Gasteiger partial charge in [0, 0.05) is 18.3 Å². The first-order chi connectivity index (χ1) is 11.1. The first-order valence-corrected chi connectivity index (χ1v) is 7.42. The topological polar surface area (TPSA) is 58.6 Å². The highest BCUT2D eigenvalue weighted by molar-refractivity contribution is 6.01. The lowest BCUT2D eigenvalue weighted by molar-refractivity contribution is -0.124. The number of benzene rings is 2. The lowest BCUT2D eigenvalue weighted by Gasteiger charge is -2.40. The van der Waals surface area contributed by atoms with Gasteiger partial charge in [-0.25, -0.2) is 0 Å². The van der Waals surface area contributed by atoms with Gasteiger partial charge in [0.15, 0.2) is 0 Å². The molecule has 1 atom stereocenters. The van der Waals surface area contributed by atoms with Crippen molar-refractivity contribution in [3.63, 3.8) is 0 Å². The van der Waals surface area contributed by atoms with Gasteiger partial charge < -0.3 is 15.0 Å². The second-order valence-corrected chi connectivity index (χ2v) is 5.48. The van der Waals surface area contributed by atoms with Gasteiger partial charge in [0.25, 0.3) is 0 Å². The van der Waals surface area contributed by atoms with Gasteiger partial charge in [-0.3, -0.25) is 9.59 Å². The number of β-lactam (4-membered cyclic amide) rings is 1. The Bertz CT molecular complexity index is 723. The summed E-state index contributed by atoms with van der Waals surface area (Å²) >= 11 is 0. The van der Waals surface area contributed by atoms with E-state index in [0.717, 1.165) is 22.7 Å². The molecule has 0 saturated carbocycles. The Labute approximate surface area is 134 Å². The lowest BCUT2D eigenvalue weighted by Crippen LogP contribution is -2.46. The zero-order valence-electron chi connectivity index (χ0n) is 13.1. The second kappa shape index (κ2) is 6.12. The van der Waals surface area contributed by atoms with E-state index in [9.17, 15) is 9.59 Å². The van der Waals surface area contributed by atoms with Crippen LogP contribution in [0.15, 0.2) is 48.5 Å². The molecule has 23 heavy (non-hydrogen) atoms. The standard InChI is InChI=1S/C18H18N2O3/c1-12(21)19-14-5-3-13(4-6-14)17-11-18(22)20(17)15-7-9-16(23-2)10-8-15/h3-10,17H,11H2,1-2H3,(H,19,21)/t17-/m0/s1. The molecule has 0 bridgehead atoms. The summed E-state index contributed by atoms with van der Waals surface area (Å²) in [7, 11) is 1.61.